The standard InChI is InChI=1S/C17H23N5O2/c1-22(2)9-8-18-17-20-11-14(12-21-17)16(23)19-10-13-6-4-5-7-15(13)24-3/h4-7,11-12H,8-10H2,1-3H3,(H,19,23)(H,18,20,21). The zero-order valence-electron chi connectivity index (χ0n) is 14.2. The van der Waals surface area contributed by atoms with Gasteiger partial charge in [0, 0.05) is 37.6 Å². The van der Waals surface area contributed by atoms with E-state index in [0.717, 1.165) is 24.4 Å². The lowest BCUT2D eigenvalue weighted by molar-refractivity contribution is 0.0950. The van der Waals surface area contributed by atoms with Gasteiger partial charge in [0.05, 0.1) is 12.7 Å². The van der Waals surface area contributed by atoms with Crippen LogP contribution in [0, 0.1) is 0 Å². The molecule has 1 amide bonds. The van der Waals surface area contributed by atoms with Crippen LogP contribution < -0.4 is 15.4 Å². The van der Waals surface area contributed by atoms with Crippen LogP contribution >= 0.6 is 0 Å². The Balaban J connectivity index is 1.88. The van der Waals surface area contributed by atoms with Gasteiger partial charge in [-0.2, -0.15) is 0 Å². The van der Waals surface area contributed by atoms with Crippen LogP contribution in [0.3, 0.4) is 0 Å². The van der Waals surface area contributed by atoms with Crippen LogP contribution in [0.4, 0.5) is 5.95 Å². The summed E-state index contributed by atoms with van der Waals surface area (Å²) in [7, 11) is 5.60. The SMILES string of the molecule is COc1ccccc1CNC(=O)c1cnc(NCCN(C)C)nc1. The fourth-order valence-electron chi connectivity index (χ4n) is 2.05. The molecule has 1 aromatic heterocycles. The summed E-state index contributed by atoms with van der Waals surface area (Å²) in [4.78, 5) is 22.6. The van der Waals surface area contributed by atoms with E-state index in [1.54, 1.807) is 7.11 Å². The Labute approximate surface area is 142 Å². The summed E-state index contributed by atoms with van der Waals surface area (Å²) in [5.41, 5.74) is 1.33. The number of anilines is 1. The van der Waals surface area contributed by atoms with Crippen molar-refractivity contribution in [1.29, 1.82) is 0 Å². The lowest BCUT2D eigenvalue weighted by Crippen LogP contribution is -2.24. The van der Waals surface area contributed by atoms with Crippen LogP contribution in [-0.4, -0.2) is 55.1 Å². The second-order valence-electron chi connectivity index (χ2n) is 5.52. The molecule has 0 bridgehead atoms. The Bertz CT molecular complexity index is 658. The molecule has 0 aliphatic heterocycles. The molecule has 0 atom stereocenters. The van der Waals surface area contributed by atoms with Crippen molar-refractivity contribution in [2.24, 2.45) is 0 Å². The summed E-state index contributed by atoms with van der Waals surface area (Å²) in [5.74, 6) is 1.04. The molecule has 1 aromatic carbocycles. The quantitative estimate of drug-likeness (QED) is 0.762. The number of nitrogens with zero attached hydrogens (tertiary/aromatic N) is 3. The first kappa shape index (κ1) is 17.7. The van der Waals surface area contributed by atoms with E-state index in [9.17, 15) is 4.79 Å². The van der Waals surface area contributed by atoms with Gasteiger partial charge in [0.15, 0.2) is 0 Å². The van der Waals surface area contributed by atoms with E-state index < -0.39 is 0 Å². The lowest BCUT2D eigenvalue weighted by atomic mass is 10.2. The van der Waals surface area contributed by atoms with E-state index in [1.165, 1.54) is 12.4 Å². The summed E-state index contributed by atoms with van der Waals surface area (Å²) in [6.07, 6.45) is 3.03. The van der Waals surface area contributed by atoms with Gasteiger partial charge < -0.3 is 20.3 Å². The number of ether oxygens (including phenoxy) is 1. The van der Waals surface area contributed by atoms with E-state index in [4.69, 9.17) is 4.74 Å². The molecule has 7 heteroatoms. The molecule has 0 aliphatic rings. The van der Waals surface area contributed by atoms with Crippen molar-refractivity contribution in [3.05, 3.63) is 47.8 Å². The molecule has 0 spiro atoms. The number of likely N-dealkylation sites (N-methyl/N-ethyl adjacent to an activating group) is 1. The Kier molecular flexibility index (Phi) is 6.51. The average molecular weight is 329 g/mol. The van der Waals surface area contributed by atoms with E-state index in [-0.39, 0.29) is 5.91 Å². The number of hydrogen-bond acceptors (Lipinski definition) is 6. The normalized spacial score (nSPS) is 10.5. The number of carbonyl (C=O) groups is 1. The van der Waals surface area contributed by atoms with Crippen LogP contribution in [0.25, 0.3) is 0 Å². The van der Waals surface area contributed by atoms with Crippen molar-refractivity contribution in [3.8, 4) is 5.75 Å². The number of rotatable bonds is 8. The average Bonchev–Trinajstić information content (AvgIpc) is 2.60. The predicted molar refractivity (Wildman–Crippen MR) is 93.2 cm³/mol. The second kappa shape index (κ2) is 8.83. The van der Waals surface area contributed by atoms with Crippen molar-refractivity contribution >= 4 is 11.9 Å². The van der Waals surface area contributed by atoms with Crippen molar-refractivity contribution in [3.63, 3.8) is 0 Å². The highest BCUT2D eigenvalue weighted by Gasteiger charge is 2.08. The van der Waals surface area contributed by atoms with E-state index in [0.29, 0.717) is 18.1 Å². The van der Waals surface area contributed by atoms with Crippen molar-refractivity contribution in [2.45, 2.75) is 6.54 Å². The van der Waals surface area contributed by atoms with E-state index >= 15 is 0 Å². The Morgan fingerprint density at radius 1 is 1.21 bits per heavy atom. The van der Waals surface area contributed by atoms with Crippen LogP contribution in [0.1, 0.15) is 15.9 Å². The van der Waals surface area contributed by atoms with Gasteiger partial charge in [0.2, 0.25) is 5.95 Å². The van der Waals surface area contributed by atoms with Crippen LogP contribution in [0.15, 0.2) is 36.7 Å². The highest BCUT2D eigenvalue weighted by molar-refractivity contribution is 5.93. The minimum Gasteiger partial charge on any atom is -0.496 e. The third-order valence-corrected chi connectivity index (χ3v) is 3.39. The summed E-state index contributed by atoms with van der Waals surface area (Å²) < 4.78 is 5.27. The third kappa shape index (κ3) is 5.20. The lowest BCUT2D eigenvalue weighted by Gasteiger charge is -2.11. The third-order valence-electron chi connectivity index (χ3n) is 3.39. The van der Waals surface area contributed by atoms with Gasteiger partial charge in [-0.1, -0.05) is 18.2 Å². The molecule has 24 heavy (non-hydrogen) atoms. The topological polar surface area (TPSA) is 79.4 Å². The van der Waals surface area contributed by atoms with Gasteiger partial charge in [-0.15, -0.1) is 0 Å². The largest absolute Gasteiger partial charge is 0.496 e. The number of hydrogen-bond donors (Lipinski definition) is 2. The van der Waals surface area contributed by atoms with Crippen LogP contribution in [-0.2, 0) is 6.54 Å². The molecular formula is C17H23N5O2. The molecule has 128 valence electrons. The van der Waals surface area contributed by atoms with Crippen LogP contribution in [0.5, 0.6) is 5.75 Å². The second-order valence-corrected chi connectivity index (χ2v) is 5.52. The summed E-state index contributed by atoms with van der Waals surface area (Å²) >= 11 is 0. The van der Waals surface area contributed by atoms with Gasteiger partial charge >= 0.3 is 0 Å². The molecule has 2 aromatic rings. The van der Waals surface area contributed by atoms with Gasteiger partial charge in [-0.05, 0) is 20.2 Å². The van der Waals surface area contributed by atoms with Crippen LogP contribution in [0.2, 0.25) is 0 Å². The molecule has 0 unspecified atom stereocenters. The number of carbonyl (C=O) groups excluding carboxylic acids is 1. The fraction of sp³-hybridized carbons (Fsp3) is 0.353. The van der Waals surface area contributed by atoms with Gasteiger partial charge in [0.25, 0.3) is 5.91 Å². The van der Waals surface area contributed by atoms with E-state index in [2.05, 4.69) is 25.5 Å². The number of methoxy groups -OCH3 is 1. The summed E-state index contributed by atoms with van der Waals surface area (Å²) in [5, 5.41) is 5.94. The molecule has 2 N–H and O–H groups in total. The molecule has 1 heterocycles. The maximum absolute atomic E-state index is 12.2. The Morgan fingerprint density at radius 2 is 1.92 bits per heavy atom. The van der Waals surface area contributed by atoms with Crippen molar-refractivity contribution < 1.29 is 9.53 Å². The minimum atomic E-state index is -0.222. The van der Waals surface area contributed by atoms with E-state index in [1.807, 2.05) is 38.4 Å². The molecule has 2 rings (SSSR count). The maximum atomic E-state index is 12.2. The minimum absolute atomic E-state index is 0.222. The molecule has 0 radical (unpaired) electrons. The van der Waals surface area contributed by atoms with Gasteiger partial charge in [-0.3, -0.25) is 4.79 Å². The van der Waals surface area contributed by atoms with Gasteiger partial charge in [-0.25, -0.2) is 9.97 Å². The van der Waals surface area contributed by atoms with Gasteiger partial charge in [0.1, 0.15) is 5.75 Å². The zero-order chi connectivity index (χ0) is 17.4. The molecular weight excluding hydrogens is 306 g/mol. The maximum Gasteiger partial charge on any atom is 0.254 e. The molecule has 0 fully saturated rings. The Morgan fingerprint density at radius 3 is 2.58 bits per heavy atom. The monoisotopic (exact) mass is 329 g/mol. The first-order chi connectivity index (χ1) is 11.6. The smallest absolute Gasteiger partial charge is 0.254 e. The molecule has 0 saturated heterocycles. The highest BCUT2D eigenvalue weighted by Crippen LogP contribution is 2.16. The number of amides is 1. The fourth-order valence-corrected chi connectivity index (χ4v) is 2.05. The molecule has 0 aliphatic carbocycles. The number of para-hydroxylation sites is 1. The summed E-state index contributed by atoms with van der Waals surface area (Å²) in [6.45, 7) is 2.00. The molecule has 0 saturated carbocycles. The summed E-state index contributed by atoms with van der Waals surface area (Å²) in [6, 6.07) is 7.56. The Hall–Kier alpha value is -2.67. The first-order valence-corrected chi connectivity index (χ1v) is 7.71. The highest BCUT2D eigenvalue weighted by atomic mass is 16.5. The van der Waals surface area contributed by atoms with Crippen molar-refractivity contribution in [1.82, 2.24) is 20.2 Å². The predicted octanol–water partition coefficient (Wildman–Crippen LogP) is 1.39. The number of benzene rings is 1. The number of aromatic nitrogens is 2. The number of nitrogens with one attached hydrogen (secondary N) is 2. The first-order valence-electron chi connectivity index (χ1n) is 7.71. The zero-order valence-corrected chi connectivity index (χ0v) is 14.2. The molecule has 7 nitrogen and oxygen atoms in total. The van der Waals surface area contributed by atoms with Crippen molar-refractivity contribution in [2.75, 3.05) is 39.6 Å².